The summed E-state index contributed by atoms with van der Waals surface area (Å²) < 4.78 is 40.1. The van der Waals surface area contributed by atoms with Crippen LogP contribution in [0.15, 0.2) is 42.6 Å². The molecule has 1 heterocycles. The molecule has 0 bridgehead atoms. The first-order valence-corrected chi connectivity index (χ1v) is 6.10. The molecule has 3 N–H and O–H groups in total. The Morgan fingerprint density at radius 1 is 0.905 bits per heavy atom. The Kier molecular flexibility index (Phi) is 3.13. The van der Waals surface area contributed by atoms with Gasteiger partial charge in [-0.25, -0.2) is 18.2 Å². The van der Waals surface area contributed by atoms with E-state index in [1.165, 1.54) is 24.4 Å². The normalized spacial score (nSPS) is 10.8. The van der Waals surface area contributed by atoms with Gasteiger partial charge in [0, 0.05) is 28.7 Å². The summed E-state index contributed by atoms with van der Waals surface area (Å²) in [6.07, 6.45) is 1.47. The number of nitrogens with two attached hydrogens (primary N) is 1. The fourth-order valence-electron chi connectivity index (χ4n) is 2.09. The SMILES string of the molecule is Nc1cc(F)cc2c(Nc3ccc(F)cc3F)nccc12. The van der Waals surface area contributed by atoms with Gasteiger partial charge in [0.25, 0.3) is 0 Å². The van der Waals surface area contributed by atoms with Gasteiger partial charge in [0.2, 0.25) is 0 Å². The third-order valence-electron chi connectivity index (χ3n) is 3.06. The molecule has 21 heavy (non-hydrogen) atoms. The summed E-state index contributed by atoms with van der Waals surface area (Å²) in [6, 6.07) is 7.20. The van der Waals surface area contributed by atoms with E-state index < -0.39 is 17.5 Å². The molecule has 1 aromatic heterocycles. The van der Waals surface area contributed by atoms with Gasteiger partial charge in [0.05, 0.1) is 5.69 Å². The number of hydrogen-bond acceptors (Lipinski definition) is 3. The summed E-state index contributed by atoms with van der Waals surface area (Å²) in [7, 11) is 0. The van der Waals surface area contributed by atoms with Crippen LogP contribution < -0.4 is 11.1 Å². The van der Waals surface area contributed by atoms with Gasteiger partial charge in [-0.15, -0.1) is 0 Å². The Bertz CT molecular complexity index is 834. The summed E-state index contributed by atoms with van der Waals surface area (Å²) in [4.78, 5) is 4.05. The third-order valence-corrected chi connectivity index (χ3v) is 3.06. The minimum Gasteiger partial charge on any atom is -0.398 e. The molecule has 0 aliphatic carbocycles. The molecule has 0 amide bonds. The Morgan fingerprint density at radius 2 is 1.71 bits per heavy atom. The van der Waals surface area contributed by atoms with Gasteiger partial charge in [-0.05, 0) is 30.3 Å². The van der Waals surface area contributed by atoms with Crippen molar-refractivity contribution in [3.63, 3.8) is 0 Å². The van der Waals surface area contributed by atoms with Crippen LogP contribution in [0, 0.1) is 17.5 Å². The Balaban J connectivity index is 2.12. The van der Waals surface area contributed by atoms with E-state index in [9.17, 15) is 13.2 Å². The van der Waals surface area contributed by atoms with Crippen LogP contribution in [0.25, 0.3) is 10.8 Å². The minimum atomic E-state index is -0.766. The average molecular weight is 289 g/mol. The van der Waals surface area contributed by atoms with Gasteiger partial charge in [0.1, 0.15) is 23.3 Å². The highest BCUT2D eigenvalue weighted by atomic mass is 19.1. The quantitative estimate of drug-likeness (QED) is 0.702. The summed E-state index contributed by atoms with van der Waals surface area (Å²) in [6.45, 7) is 0. The van der Waals surface area contributed by atoms with Crippen molar-refractivity contribution >= 4 is 28.0 Å². The lowest BCUT2D eigenvalue weighted by Gasteiger charge is -2.11. The number of benzene rings is 2. The van der Waals surface area contributed by atoms with Gasteiger partial charge in [-0.1, -0.05) is 0 Å². The number of nitrogens with one attached hydrogen (secondary N) is 1. The second-order valence-corrected chi connectivity index (χ2v) is 4.50. The van der Waals surface area contributed by atoms with Crippen molar-refractivity contribution in [2.75, 3.05) is 11.1 Å². The van der Waals surface area contributed by atoms with E-state index in [1.807, 2.05) is 0 Å². The van der Waals surface area contributed by atoms with Crippen LogP contribution in [-0.4, -0.2) is 4.98 Å². The molecule has 0 atom stereocenters. The maximum Gasteiger partial charge on any atom is 0.149 e. The second-order valence-electron chi connectivity index (χ2n) is 4.50. The van der Waals surface area contributed by atoms with Crippen molar-refractivity contribution < 1.29 is 13.2 Å². The zero-order chi connectivity index (χ0) is 15.0. The van der Waals surface area contributed by atoms with E-state index in [2.05, 4.69) is 10.3 Å². The highest BCUT2D eigenvalue weighted by molar-refractivity contribution is 6.00. The van der Waals surface area contributed by atoms with Crippen molar-refractivity contribution in [2.45, 2.75) is 0 Å². The van der Waals surface area contributed by atoms with Crippen molar-refractivity contribution in [3.8, 4) is 0 Å². The summed E-state index contributed by atoms with van der Waals surface area (Å²) in [5.74, 6) is -1.72. The van der Waals surface area contributed by atoms with Crippen molar-refractivity contribution in [2.24, 2.45) is 0 Å². The Hall–Kier alpha value is -2.76. The number of fused-ring (bicyclic) bond motifs is 1. The molecule has 3 aromatic rings. The molecule has 3 nitrogen and oxygen atoms in total. The van der Waals surface area contributed by atoms with E-state index in [1.54, 1.807) is 6.07 Å². The van der Waals surface area contributed by atoms with Gasteiger partial charge in [0.15, 0.2) is 0 Å². The van der Waals surface area contributed by atoms with Crippen LogP contribution in [0.3, 0.4) is 0 Å². The molecule has 0 unspecified atom stereocenters. The zero-order valence-electron chi connectivity index (χ0n) is 10.7. The molecule has 2 aromatic carbocycles. The van der Waals surface area contributed by atoms with Crippen molar-refractivity contribution in [1.82, 2.24) is 4.98 Å². The fourth-order valence-corrected chi connectivity index (χ4v) is 2.09. The smallest absolute Gasteiger partial charge is 0.149 e. The first-order valence-electron chi connectivity index (χ1n) is 6.10. The topological polar surface area (TPSA) is 50.9 Å². The van der Waals surface area contributed by atoms with Gasteiger partial charge in [-0.3, -0.25) is 0 Å². The van der Waals surface area contributed by atoms with Gasteiger partial charge >= 0.3 is 0 Å². The zero-order valence-corrected chi connectivity index (χ0v) is 10.7. The average Bonchev–Trinajstić information content (AvgIpc) is 2.42. The van der Waals surface area contributed by atoms with E-state index in [-0.39, 0.29) is 17.2 Å². The molecule has 0 aliphatic rings. The maximum atomic E-state index is 13.7. The standard InChI is InChI=1S/C15H10F3N3/c16-8-1-2-14(12(18)6-8)21-15-11-5-9(17)7-13(19)10(11)3-4-20-15/h1-7H,19H2,(H,20,21). The number of hydrogen-bond donors (Lipinski definition) is 2. The minimum absolute atomic E-state index is 0.0410. The molecule has 6 heteroatoms. The van der Waals surface area contributed by atoms with Crippen molar-refractivity contribution in [3.05, 3.63) is 60.0 Å². The van der Waals surface area contributed by atoms with E-state index in [4.69, 9.17) is 5.73 Å². The molecule has 0 radical (unpaired) electrons. The molecule has 106 valence electrons. The number of rotatable bonds is 2. The van der Waals surface area contributed by atoms with Crippen LogP contribution in [0.1, 0.15) is 0 Å². The van der Waals surface area contributed by atoms with E-state index in [0.29, 0.717) is 10.8 Å². The molecule has 0 saturated heterocycles. The first-order chi connectivity index (χ1) is 10.0. The second kappa shape index (κ2) is 4.97. The number of pyridine rings is 1. The lowest BCUT2D eigenvalue weighted by atomic mass is 10.1. The van der Waals surface area contributed by atoms with Crippen LogP contribution in [0.5, 0.6) is 0 Å². The number of nitrogen functional groups attached to an aromatic ring is 1. The van der Waals surface area contributed by atoms with Gasteiger partial charge in [-0.2, -0.15) is 0 Å². The van der Waals surface area contributed by atoms with E-state index in [0.717, 1.165) is 12.1 Å². The maximum absolute atomic E-state index is 13.7. The molecular weight excluding hydrogens is 279 g/mol. The van der Waals surface area contributed by atoms with E-state index >= 15 is 0 Å². The lowest BCUT2D eigenvalue weighted by Crippen LogP contribution is -1.99. The summed E-state index contributed by atoms with van der Waals surface area (Å²) >= 11 is 0. The van der Waals surface area contributed by atoms with Crippen LogP contribution in [0.4, 0.5) is 30.4 Å². The first kappa shape index (κ1) is 13.2. The summed E-state index contributed by atoms with van der Waals surface area (Å²) in [5.41, 5.74) is 6.05. The van der Waals surface area contributed by atoms with Crippen molar-refractivity contribution in [1.29, 1.82) is 0 Å². The highest BCUT2D eigenvalue weighted by Crippen LogP contribution is 2.29. The number of halogens is 3. The molecular formula is C15H10F3N3. The summed E-state index contributed by atoms with van der Waals surface area (Å²) in [5, 5.41) is 3.73. The molecule has 0 saturated carbocycles. The molecule has 0 fully saturated rings. The monoisotopic (exact) mass is 289 g/mol. The van der Waals surface area contributed by atoms with Crippen LogP contribution >= 0.6 is 0 Å². The molecule has 3 rings (SSSR count). The predicted octanol–water partition coefficient (Wildman–Crippen LogP) is 3.98. The number of aromatic nitrogens is 1. The van der Waals surface area contributed by atoms with Crippen LogP contribution in [-0.2, 0) is 0 Å². The fraction of sp³-hybridized carbons (Fsp3) is 0. The number of anilines is 3. The van der Waals surface area contributed by atoms with Crippen LogP contribution in [0.2, 0.25) is 0 Å². The molecule has 0 spiro atoms. The predicted molar refractivity (Wildman–Crippen MR) is 75.8 cm³/mol. The highest BCUT2D eigenvalue weighted by Gasteiger charge is 2.10. The Labute approximate surface area is 118 Å². The Morgan fingerprint density at radius 3 is 2.48 bits per heavy atom. The lowest BCUT2D eigenvalue weighted by molar-refractivity contribution is 0.586. The third kappa shape index (κ3) is 2.47. The number of nitrogens with zero attached hydrogens (tertiary/aromatic N) is 1. The largest absolute Gasteiger partial charge is 0.398 e. The van der Waals surface area contributed by atoms with Gasteiger partial charge < -0.3 is 11.1 Å². The molecule has 0 aliphatic heterocycles.